The highest BCUT2D eigenvalue weighted by Crippen LogP contribution is 2.25. The van der Waals surface area contributed by atoms with E-state index in [1.165, 1.54) is 0 Å². The zero-order chi connectivity index (χ0) is 11.7. The lowest BCUT2D eigenvalue weighted by molar-refractivity contribution is 0.535. The van der Waals surface area contributed by atoms with Crippen molar-refractivity contribution in [2.45, 2.75) is 20.3 Å². The summed E-state index contributed by atoms with van der Waals surface area (Å²) >= 11 is 2.17. The molecule has 0 aromatic carbocycles. The Hall–Kier alpha value is -1.11. The summed E-state index contributed by atoms with van der Waals surface area (Å²) < 4.78 is 6.18. The molecule has 0 amide bonds. The third kappa shape index (κ3) is 1.91. The van der Waals surface area contributed by atoms with Gasteiger partial charge in [-0.3, -0.25) is 0 Å². The minimum atomic E-state index is 0.531. The highest BCUT2D eigenvalue weighted by atomic mass is 127. The zero-order valence-corrected chi connectivity index (χ0v) is 11.3. The van der Waals surface area contributed by atoms with Crippen molar-refractivity contribution in [3.8, 4) is 11.4 Å². The van der Waals surface area contributed by atoms with Crippen LogP contribution in [0.3, 0.4) is 0 Å². The number of furan rings is 1. The van der Waals surface area contributed by atoms with Crippen molar-refractivity contribution in [2.75, 3.05) is 5.73 Å². The first kappa shape index (κ1) is 11.4. The van der Waals surface area contributed by atoms with Gasteiger partial charge < -0.3 is 10.2 Å². The number of hydrogen-bond donors (Lipinski definition) is 1. The third-order valence-corrected chi connectivity index (χ3v) is 3.56. The van der Waals surface area contributed by atoms with Crippen molar-refractivity contribution < 1.29 is 4.42 Å². The predicted molar refractivity (Wildman–Crippen MR) is 71.0 cm³/mol. The first-order chi connectivity index (χ1) is 7.63. The SMILES string of the molecule is CCc1nc(-c2ccoc2C)nc(N)c1I. The van der Waals surface area contributed by atoms with Crippen LogP contribution in [-0.2, 0) is 6.42 Å². The Morgan fingerprint density at radius 3 is 2.75 bits per heavy atom. The molecule has 0 aliphatic carbocycles. The second-order valence-electron chi connectivity index (χ2n) is 3.44. The minimum Gasteiger partial charge on any atom is -0.469 e. The van der Waals surface area contributed by atoms with Gasteiger partial charge in [-0.25, -0.2) is 9.97 Å². The maximum absolute atomic E-state index is 5.86. The highest BCUT2D eigenvalue weighted by Gasteiger charge is 2.12. The average Bonchev–Trinajstić information content (AvgIpc) is 2.68. The maximum atomic E-state index is 5.86. The Morgan fingerprint density at radius 1 is 1.44 bits per heavy atom. The number of nitrogens with zero attached hydrogens (tertiary/aromatic N) is 2. The van der Waals surface area contributed by atoms with E-state index in [1.54, 1.807) is 6.26 Å². The van der Waals surface area contributed by atoms with E-state index in [0.717, 1.165) is 27.0 Å². The van der Waals surface area contributed by atoms with E-state index >= 15 is 0 Å². The van der Waals surface area contributed by atoms with Crippen LogP contribution in [0.5, 0.6) is 0 Å². The van der Waals surface area contributed by atoms with Crippen LogP contribution in [0.2, 0.25) is 0 Å². The van der Waals surface area contributed by atoms with Gasteiger partial charge in [0, 0.05) is 0 Å². The van der Waals surface area contributed by atoms with Crippen molar-refractivity contribution in [3.05, 3.63) is 27.4 Å². The van der Waals surface area contributed by atoms with E-state index in [-0.39, 0.29) is 0 Å². The van der Waals surface area contributed by atoms with Crippen LogP contribution in [-0.4, -0.2) is 9.97 Å². The molecule has 0 spiro atoms. The standard InChI is InChI=1S/C11H12IN3O/c1-3-8-9(12)10(13)15-11(14-8)7-4-5-16-6(7)2/h4-5H,3H2,1-2H3,(H2,13,14,15). The largest absolute Gasteiger partial charge is 0.469 e. The van der Waals surface area contributed by atoms with Crippen LogP contribution < -0.4 is 5.73 Å². The number of hydrogen-bond acceptors (Lipinski definition) is 4. The van der Waals surface area contributed by atoms with Crippen LogP contribution in [0, 0.1) is 10.5 Å². The van der Waals surface area contributed by atoms with E-state index in [1.807, 2.05) is 13.0 Å². The number of aryl methyl sites for hydroxylation is 2. The van der Waals surface area contributed by atoms with E-state index in [4.69, 9.17) is 10.2 Å². The second kappa shape index (κ2) is 4.40. The molecule has 0 saturated heterocycles. The number of aromatic nitrogens is 2. The average molecular weight is 329 g/mol. The zero-order valence-electron chi connectivity index (χ0n) is 9.12. The summed E-state index contributed by atoms with van der Waals surface area (Å²) in [5, 5.41) is 0. The Labute approximate surface area is 107 Å². The van der Waals surface area contributed by atoms with E-state index < -0.39 is 0 Å². The highest BCUT2D eigenvalue weighted by molar-refractivity contribution is 14.1. The van der Waals surface area contributed by atoms with Crippen LogP contribution in [0.4, 0.5) is 5.82 Å². The molecule has 0 radical (unpaired) electrons. The van der Waals surface area contributed by atoms with Crippen molar-refractivity contribution in [3.63, 3.8) is 0 Å². The molecular formula is C11H12IN3O. The summed E-state index contributed by atoms with van der Waals surface area (Å²) in [7, 11) is 0. The lowest BCUT2D eigenvalue weighted by atomic mass is 10.2. The van der Waals surface area contributed by atoms with Crippen molar-refractivity contribution in [2.24, 2.45) is 0 Å². The van der Waals surface area contributed by atoms with Gasteiger partial charge in [-0.2, -0.15) is 0 Å². The van der Waals surface area contributed by atoms with E-state index in [9.17, 15) is 0 Å². The molecule has 84 valence electrons. The van der Waals surface area contributed by atoms with Crippen molar-refractivity contribution in [1.82, 2.24) is 9.97 Å². The lowest BCUT2D eigenvalue weighted by Gasteiger charge is -2.06. The first-order valence-corrected chi connectivity index (χ1v) is 6.07. The van der Waals surface area contributed by atoms with Gasteiger partial charge in [-0.1, -0.05) is 6.92 Å². The van der Waals surface area contributed by atoms with Gasteiger partial charge >= 0.3 is 0 Å². The van der Waals surface area contributed by atoms with Gasteiger partial charge in [-0.15, -0.1) is 0 Å². The fraction of sp³-hybridized carbons (Fsp3) is 0.273. The number of anilines is 1. The van der Waals surface area contributed by atoms with Gasteiger partial charge in [0.2, 0.25) is 0 Å². The third-order valence-electron chi connectivity index (χ3n) is 2.38. The Bertz CT molecular complexity index is 522. The fourth-order valence-electron chi connectivity index (χ4n) is 1.48. The molecule has 0 bridgehead atoms. The van der Waals surface area contributed by atoms with Crippen molar-refractivity contribution in [1.29, 1.82) is 0 Å². The molecule has 2 aromatic rings. The van der Waals surface area contributed by atoms with E-state index in [0.29, 0.717) is 11.6 Å². The molecule has 4 nitrogen and oxygen atoms in total. The summed E-state index contributed by atoms with van der Waals surface area (Å²) in [5.74, 6) is 1.98. The number of nitrogen functional groups attached to an aromatic ring is 1. The monoisotopic (exact) mass is 329 g/mol. The molecule has 0 atom stereocenters. The molecule has 0 aliphatic heterocycles. The smallest absolute Gasteiger partial charge is 0.165 e. The Kier molecular flexibility index (Phi) is 3.13. The summed E-state index contributed by atoms with van der Waals surface area (Å²) in [6.07, 6.45) is 2.47. The molecule has 2 rings (SSSR count). The second-order valence-corrected chi connectivity index (χ2v) is 4.52. The van der Waals surface area contributed by atoms with Crippen LogP contribution >= 0.6 is 22.6 Å². The number of halogens is 1. The first-order valence-electron chi connectivity index (χ1n) is 4.99. The lowest BCUT2D eigenvalue weighted by Crippen LogP contribution is -2.04. The van der Waals surface area contributed by atoms with E-state index in [2.05, 4.69) is 39.5 Å². The van der Waals surface area contributed by atoms with Gasteiger partial charge in [0.25, 0.3) is 0 Å². The quantitative estimate of drug-likeness (QED) is 0.861. The van der Waals surface area contributed by atoms with Crippen LogP contribution in [0.1, 0.15) is 18.4 Å². The predicted octanol–water partition coefficient (Wildman–Crippen LogP) is 2.79. The van der Waals surface area contributed by atoms with Crippen LogP contribution in [0.15, 0.2) is 16.7 Å². The molecule has 16 heavy (non-hydrogen) atoms. The summed E-state index contributed by atoms with van der Waals surface area (Å²) in [5.41, 5.74) is 7.74. The van der Waals surface area contributed by atoms with Gasteiger partial charge in [-0.05, 0) is 42.0 Å². The Balaban J connectivity index is 2.59. The molecule has 0 unspecified atom stereocenters. The topological polar surface area (TPSA) is 64.9 Å². The molecule has 0 aliphatic rings. The number of nitrogens with two attached hydrogens (primary N) is 1. The fourth-order valence-corrected chi connectivity index (χ4v) is 2.11. The van der Waals surface area contributed by atoms with Gasteiger partial charge in [0.05, 0.1) is 21.1 Å². The molecule has 0 fully saturated rings. The summed E-state index contributed by atoms with van der Waals surface area (Å²) in [6.45, 7) is 3.94. The molecule has 2 aromatic heterocycles. The molecule has 2 N–H and O–H groups in total. The minimum absolute atomic E-state index is 0.531. The van der Waals surface area contributed by atoms with Crippen molar-refractivity contribution >= 4 is 28.4 Å². The molecular weight excluding hydrogens is 317 g/mol. The van der Waals surface area contributed by atoms with Gasteiger partial charge in [0.15, 0.2) is 5.82 Å². The molecule has 5 heteroatoms. The Morgan fingerprint density at radius 2 is 2.19 bits per heavy atom. The summed E-state index contributed by atoms with van der Waals surface area (Å²) in [6, 6.07) is 1.86. The molecule has 0 saturated carbocycles. The maximum Gasteiger partial charge on any atom is 0.165 e. The number of rotatable bonds is 2. The molecule has 2 heterocycles. The van der Waals surface area contributed by atoms with Gasteiger partial charge in [0.1, 0.15) is 11.6 Å². The van der Waals surface area contributed by atoms with Crippen LogP contribution in [0.25, 0.3) is 11.4 Å². The normalized spacial score (nSPS) is 10.7. The summed E-state index contributed by atoms with van der Waals surface area (Å²) in [4.78, 5) is 8.78.